The van der Waals surface area contributed by atoms with Gasteiger partial charge in [0.25, 0.3) is 0 Å². The second-order valence-corrected chi connectivity index (χ2v) is 3.35. The standard InChI is InChI=1S/C11H11N5O3/c1-18-8-5-14-10(9(16-8)11(17)19-2)15-7-3-12-6-13-4-7/h3-6H,1-2H3,(H,14,15). The number of nitrogens with one attached hydrogen (secondary N) is 1. The highest BCUT2D eigenvalue weighted by molar-refractivity contribution is 5.93. The molecule has 0 unspecified atom stereocenters. The number of hydrogen-bond acceptors (Lipinski definition) is 8. The molecule has 2 aromatic rings. The van der Waals surface area contributed by atoms with Crippen LogP contribution in [0, 0.1) is 0 Å². The van der Waals surface area contributed by atoms with E-state index in [0.29, 0.717) is 5.69 Å². The lowest BCUT2D eigenvalue weighted by Gasteiger charge is -2.09. The highest BCUT2D eigenvalue weighted by atomic mass is 16.5. The van der Waals surface area contributed by atoms with Crippen LogP contribution in [0.3, 0.4) is 0 Å². The minimum atomic E-state index is -0.620. The Morgan fingerprint density at radius 2 is 1.95 bits per heavy atom. The van der Waals surface area contributed by atoms with Crippen LogP contribution in [0.15, 0.2) is 24.9 Å². The molecule has 0 fully saturated rings. The predicted molar refractivity (Wildman–Crippen MR) is 65.2 cm³/mol. The number of anilines is 2. The van der Waals surface area contributed by atoms with Gasteiger partial charge in [0.15, 0.2) is 11.5 Å². The third-order valence-corrected chi connectivity index (χ3v) is 2.16. The van der Waals surface area contributed by atoms with Gasteiger partial charge < -0.3 is 14.8 Å². The number of nitrogens with zero attached hydrogens (tertiary/aromatic N) is 4. The summed E-state index contributed by atoms with van der Waals surface area (Å²) in [5, 5.41) is 2.88. The molecule has 0 spiro atoms. The van der Waals surface area contributed by atoms with E-state index in [1.807, 2.05) is 0 Å². The molecule has 0 aliphatic heterocycles. The van der Waals surface area contributed by atoms with E-state index in [9.17, 15) is 4.79 Å². The normalized spacial score (nSPS) is 9.79. The summed E-state index contributed by atoms with van der Waals surface area (Å²) >= 11 is 0. The molecule has 0 radical (unpaired) electrons. The number of esters is 1. The van der Waals surface area contributed by atoms with Gasteiger partial charge in [-0.05, 0) is 0 Å². The molecule has 0 saturated heterocycles. The van der Waals surface area contributed by atoms with E-state index in [1.54, 1.807) is 12.4 Å². The molecule has 19 heavy (non-hydrogen) atoms. The fraction of sp³-hybridized carbons (Fsp3) is 0.182. The molecule has 2 aromatic heterocycles. The zero-order valence-corrected chi connectivity index (χ0v) is 10.3. The zero-order valence-electron chi connectivity index (χ0n) is 10.3. The van der Waals surface area contributed by atoms with E-state index in [-0.39, 0.29) is 17.4 Å². The number of aromatic nitrogens is 4. The van der Waals surface area contributed by atoms with Crippen molar-refractivity contribution < 1.29 is 14.3 Å². The molecule has 2 heterocycles. The lowest BCUT2D eigenvalue weighted by molar-refractivity contribution is 0.0594. The van der Waals surface area contributed by atoms with Gasteiger partial charge in [0.2, 0.25) is 5.88 Å². The van der Waals surface area contributed by atoms with Gasteiger partial charge in [0, 0.05) is 0 Å². The predicted octanol–water partition coefficient (Wildman–Crippen LogP) is 0.805. The monoisotopic (exact) mass is 261 g/mol. The summed E-state index contributed by atoms with van der Waals surface area (Å²) in [6.07, 6.45) is 5.87. The first-order chi connectivity index (χ1) is 9.24. The highest BCUT2D eigenvalue weighted by Gasteiger charge is 2.17. The van der Waals surface area contributed by atoms with Gasteiger partial charge >= 0.3 is 5.97 Å². The van der Waals surface area contributed by atoms with Gasteiger partial charge in [0.05, 0.1) is 38.5 Å². The zero-order chi connectivity index (χ0) is 13.7. The summed E-state index contributed by atoms with van der Waals surface area (Å²) < 4.78 is 9.57. The first-order valence-corrected chi connectivity index (χ1v) is 5.26. The third kappa shape index (κ3) is 2.92. The van der Waals surface area contributed by atoms with E-state index in [1.165, 1.54) is 26.7 Å². The second-order valence-electron chi connectivity index (χ2n) is 3.35. The number of hydrogen-bond donors (Lipinski definition) is 1. The Kier molecular flexibility index (Phi) is 3.81. The minimum Gasteiger partial charge on any atom is -0.480 e. The summed E-state index contributed by atoms with van der Waals surface area (Å²) in [6, 6.07) is 0. The van der Waals surface area contributed by atoms with Crippen molar-refractivity contribution in [2.75, 3.05) is 19.5 Å². The Labute approximate surface area is 108 Å². The Bertz CT molecular complexity index is 576. The summed E-state index contributed by atoms with van der Waals surface area (Å²) in [5.74, 6) is -0.163. The molecule has 0 saturated carbocycles. The van der Waals surface area contributed by atoms with Gasteiger partial charge in [-0.25, -0.2) is 24.7 Å². The molecule has 0 amide bonds. The number of methoxy groups -OCH3 is 2. The van der Waals surface area contributed by atoms with E-state index in [2.05, 4.69) is 30.0 Å². The first kappa shape index (κ1) is 12.7. The van der Waals surface area contributed by atoms with E-state index in [0.717, 1.165) is 0 Å². The number of rotatable bonds is 4. The summed E-state index contributed by atoms with van der Waals surface area (Å²) in [5.41, 5.74) is 0.595. The van der Waals surface area contributed by atoms with Crippen LogP contribution in [0.4, 0.5) is 11.5 Å². The molecular formula is C11H11N5O3. The molecule has 98 valence electrons. The molecule has 0 aromatic carbocycles. The number of ether oxygens (including phenoxy) is 2. The Morgan fingerprint density at radius 3 is 2.58 bits per heavy atom. The van der Waals surface area contributed by atoms with Crippen molar-refractivity contribution in [1.82, 2.24) is 19.9 Å². The van der Waals surface area contributed by atoms with Gasteiger partial charge in [-0.3, -0.25) is 0 Å². The van der Waals surface area contributed by atoms with Gasteiger partial charge in [0.1, 0.15) is 6.33 Å². The first-order valence-electron chi connectivity index (χ1n) is 5.26. The van der Waals surface area contributed by atoms with Crippen molar-refractivity contribution in [3.8, 4) is 5.88 Å². The van der Waals surface area contributed by atoms with Crippen LogP contribution in [0.1, 0.15) is 10.5 Å². The van der Waals surface area contributed by atoms with Crippen molar-refractivity contribution in [3.63, 3.8) is 0 Å². The topological polar surface area (TPSA) is 99.1 Å². The van der Waals surface area contributed by atoms with Crippen LogP contribution in [0.2, 0.25) is 0 Å². The third-order valence-electron chi connectivity index (χ3n) is 2.16. The lowest BCUT2D eigenvalue weighted by atomic mass is 10.4. The van der Waals surface area contributed by atoms with Crippen LogP contribution in [-0.2, 0) is 4.74 Å². The van der Waals surface area contributed by atoms with E-state index < -0.39 is 5.97 Å². The Balaban J connectivity index is 2.36. The maximum Gasteiger partial charge on any atom is 0.360 e. The summed E-state index contributed by atoms with van der Waals surface area (Å²) in [4.78, 5) is 27.4. The smallest absolute Gasteiger partial charge is 0.360 e. The number of carbonyl (C=O) groups excluding carboxylic acids is 1. The maximum absolute atomic E-state index is 11.6. The molecule has 8 nitrogen and oxygen atoms in total. The molecule has 0 bridgehead atoms. The number of carbonyl (C=O) groups is 1. The van der Waals surface area contributed by atoms with E-state index >= 15 is 0 Å². The van der Waals surface area contributed by atoms with Crippen LogP contribution >= 0.6 is 0 Å². The largest absolute Gasteiger partial charge is 0.480 e. The highest BCUT2D eigenvalue weighted by Crippen LogP contribution is 2.19. The average molecular weight is 261 g/mol. The van der Waals surface area contributed by atoms with Crippen LogP contribution in [0.5, 0.6) is 5.88 Å². The molecule has 0 aliphatic carbocycles. The molecule has 1 N–H and O–H groups in total. The van der Waals surface area contributed by atoms with Crippen LogP contribution < -0.4 is 10.1 Å². The van der Waals surface area contributed by atoms with Crippen molar-refractivity contribution in [2.24, 2.45) is 0 Å². The van der Waals surface area contributed by atoms with Crippen molar-refractivity contribution >= 4 is 17.5 Å². The summed E-state index contributed by atoms with van der Waals surface area (Å²) in [6.45, 7) is 0. The Morgan fingerprint density at radius 1 is 1.21 bits per heavy atom. The summed E-state index contributed by atoms with van der Waals surface area (Å²) in [7, 11) is 2.70. The molecule has 8 heteroatoms. The fourth-order valence-electron chi connectivity index (χ4n) is 1.30. The van der Waals surface area contributed by atoms with Crippen molar-refractivity contribution in [1.29, 1.82) is 0 Å². The molecule has 0 aliphatic rings. The minimum absolute atomic E-state index is 0.0192. The Hall–Kier alpha value is -2.77. The van der Waals surface area contributed by atoms with Crippen molar-refractivity contribution in [3.05, 3.63) is 30.6 Å². The second kappa shape index (κ2) is 5.71. The molecule has 0 atom stereocenters. The fourth-order valence-corrected chi connectivity index (χ4v) is 1.30. The molecule has 2 rings (SSSR count). The lowest BCUT2D eigenvalue weighted by Crippen LogP contribution is -2.11. The SMILES string of the molecule is COC(=O)c1nc(OC)cnc1Nc1cncnc1. The van der Waals surface area contributed by atoms with Crippen molar-refractivity contribution in [2.45, 2.75) is 0 Å². The van der Waals surface area contributed by atoms with Crippen LogP contribution in [0.25, 0.3) is 0 Å². The quantitative estimate of drug-likeness (QED) is 0.807. The van der Waals surface area contributed by atoms with Gasteiger partial charge in [-0.2, -0.15) is 0 Å². The van der Waals surface area contributed by atoms with Crippen LogP contribution in [-0.4, -0.2) is 40.1 Å². The van der Waals surface area contributed by atoms with Gasteiger partial charge in [-0.15, -0.1) is 0 Å². The van der Waals surface area contributed by atoms with E-state index in [4.69, 9.17) is 4.74 Å². The maximum atomic E-state index is 11.6. The average Bonchev–Trinajstić information content (AvgIpc) is 2.48. The van der Waals surface area contributed by atoms with Gasteiger partial charge in [-0.1, -0.05) is 0 Å². The molecular weight excluding hydrogens is 250 g/mol.